The summed E-state index contributed by atoms with van der Waals surface area (Å²) in [5, 5.41) is 16.3. The van der Waals surface area contributed by atoms with Crippen LogP contribution in [0.2, 0.25) is 0 Å². The van der Waals surface area contributed by atoms with Crippen LogP contribution in [0.5, 0.6) is 0 Å². The first-order chi connectivity index (χ1) is 16.3. The fourth-order valence-corrected chi connectivity index (χ4v) is 3.65. The van der Waals surface area contributed by atoms with Crippen LogP contribution in [-0.2, 0) is 11.0 Å². The molecular weight excluding hydrogens is 465 g/mol. The number of nitrogens with one attached hydrogen (secondary N) is 3. The van der Waals surface area contributed by atoms with E-state index in [9.17, 15) is 22.8 Å². The largest absolute Gasteiger partial charge is 0.418 e. The highest BCUT2D eigenvalue weighted by Crippen LogP contribution is 2.36. The summed E-state index contributed by atoms with van der Waals surface area (Å²) >= 11 is 1.23. The topological polar surface area (TPSA) is 94.0 Å². The van der Waals surface area contributed by atoms with Gasteiger partial charge < -0.3 is 16.0 Å². The predicted octanol–water partition coefficient (Wildman–Crippen LogP) is 5.62. The van der Waals surface area contributed by atoms with Crippen LogP contribution in [-0.4, -0.2) is 24.1 Å². The maximum atomic E-state index is 13.6. The number of amides is 2. The van der Waals surface area contributed by atoms with Crippen molar-refractivity contribution in [2.75, 3.05) is 28.2 Å². The molecule has 0 aliphatic heterocycles. The Hall–Kier alpha value is -3.97. The molecule has 6 nitrogen and oxygen atoms in total. The lowest BCUT2D eigenvalue weighted by molar-refractivity contribution is -0.137. The molecule has 2 amide bonds. The van der Waals surface area contributed by atoms with E-state index in [1.807, 2.05) is 6.07 Å². The van der Waals surface area contributed by atoms with Crippen molar-refractivity contribution in [1.29, 1.82) is 5.26 Å². The number of para-hydroxylation sites is 1. The number of thioether (sulfide) groups is 1. The van der Waals surface area contributed by atoms with E-state index in [-0.39, 0.29) is 17.1 Å². The van der Waals surface area contributed by atoms with Gasteiger partial charge >= 0.3 is 6.18 Å². The number of halogens is 3. The van der Waals surface area contributed by atoms with Crippen LogP contribution >= 0.6 is 11.8 Å². The van der Waals surface area contributed by atoms with Gasteiger partial charge in [-0.25, -0.2) is 0 Å². The van der Waals surface area contributed by atoms with E-state index in [1.54, 1.807) is 54.6 Å². The van der Waals surface area contributed by atoms with E-state index in [1.165, 1.54) is 17.8 Å². The zero-order valence-corrected chi connectivity index (χ0v) is 18.5. The van der Waals surface area contributed by atoms with Gasteiger partial charge in [-0.3, -0.25) is 9.59 Å². The molecule has 0 bridgehead atoms. The van der Waals surface area contributed by atoms with Crippen molar-refractivity contribution in [3.8, 4) is 6.07 Å². The minimum atomic E-state index is -4.72. The van der Waals surface area contributed by atoms with E-state index < -0.39 is 30.1 Å². The number of nitriles is 1. The molecule has 3 rings (SSSR count). The lowest BCUT2D eigenvalue weighted by atomic mass is 10.1. The first-order valence-electron chi connectivity index (χ1n) is 9.98. The number of hydrogen-bond acceptors (Lipinski definition) is 5. The minimum Gasteiger partial charge on any atom is -0.376 e. The lowest BCUT2D eigenvalue weighted by Crippen LogP contribution is -2.23. The molecule has 174 valence electrons. The van der Waals surface area contributed by atoms with Gasteiger partial charge in [-0.1, -0.05) is 30.3 Å². The molecule has 0 atom stereocenters. The number of nitrogens with zero attached hydrogens (tertiary/aromatic N) is 1. The molecule has 3 aromatic rings. The molecule has 0 saturated carbocycles. The van der Waals surface area contributed by atoms with Gasteiger partial charge in [0.05, 0.1) is 29.6 Å². The molecular formula is C24H19F3N4O2S. The Bertz CT molecular complexity index is 1210. The SMILES string of the molecule is N#CCSc1ccccc1NC(=O)CNc1ccc(NC(=O)c2ccccc2)cc1C(F)(F)F. The second-order valence-corrected chi connectivity index (χ2v) is 7.94. The molecule has 0 spiro atoms. The van der Waals surface area contributed by atoms with Gasteiger partial charge in [0.15, 0.2) is 0 Å². The molecule has 0 radical (unpaired) electrons. The maximum absolute atomic E-state index is 13.6. The van der Waals surface area contributed by atoms with E-state index >= 15 is 0 Å². The van der Waals surface area contributed by atoms with Crippen LogP contribution in [0.25, 0.3) is 0 Å². The normalized spacial score (nSPS) is 10.8. The van der Waals surface area contributed by atoms with E-state index in [2.05, 4.69) is 16.0 Å². The van der Waals surface area contributed by atoms with Gasteiger partial charge in [0.1, 0.15) is 0 Å². The van der Waals surface area contributed by atoms with Gasteiger partial charge in [0, 0.05) is 21.8 Å². The van der Waals surface area contributed by atoms with Crippen molar-refractivity contribution >= 4 is 40.6 Å². The number of rotatable bonds is 8. The Morgan fingerprint density at radius 3 is 2.32 bits per heavy atom. The third-order valence-electron chi connectivity index (χ3n) is 4.51. The second-order valence-electron chi connectivity index (χ2n) is 6.92. The van der Waals surface area contributed by atoms with Crippen LogP contribution in [0.3, 0.4) is 0 Å². The third-order valence-corrected chi connectivity index (χ3v) is 5.45. The number of anilines is 3. The summed E-state index contributed by atoms with van der Waals surface area (Å²) < 4.78 is 40.9. The monoisotopic (exact) mass is 484 g/mol. The summed E-state index contributed by atoms with van der Waals surface area (Å²) in [6.45, 7) is -0.421. The minimum absolute atomic E-state index is 0.0281. The number of benzene rings is 3. The quantitative estimate of drug-likeness (QED) is 0.361. The molecule has 0 aliphatic rings. The number of carbonyl (C=O) groups is 2. The predicted molar refractivity (Wildman–Crippen MR) is 126 cm³/mol. The maximum Gasteiger partial charge on any atom is 0.418 e. The van der Waals surface area contributed by atoms with Crippen molar-refractivity contribution in [3.05, 3.63) is 83.9 Å². The van der Waals surface area contributed by atoms with Crippen LogP contribution in [0.15, 0.2) is 77.7 Å². The summed E-state index contributed by atoms with van der Waals surface area (Å²) in [7, 11) is 0. The first kappa shape index (κ1) is 24.7. The van der Waals surface area contributed by atoms with E-state index in [4.69, 9.17) is 5.26 Å². The summed E-state index contributed by atoms with van der Waals surface area (Å²) in [4.78, 5) is 25.3. The molecule has 10 heteroatoms. The molecule has 0 fully saturated rings. The summed E-state index contributed by atoms with van der Waals surface area (Å²) in [5.74, 6) is -0.908. The highest BCUT2D eigenvalue weighted by molar-refractivity contribution is 7.99. The van der Waals surface area contributed by atoms with Crippen LogP contribution in [0, 0.1) is 11.3 Å². The van der Waals surface area contributed by atoms with Gasteiger partial charge in [0.25, 0.3) is 5.91 Å². The highest BCUT2D eigenvalue weighted by atomic mass is 32.2. The fourth-order valence-electron chi connectivity index (χ4n) is 2.98. The van der Waals surface area contributed by atoms with E-state index in [0.29, 0.717) is 16.1 Å². The number of hydrogen-bond donors (Lipinski definition) is 3. The standard InChI is InChI=1S/C24H19F3N4O2S/c25-24(26,27)18-14-17(30-23(33)16-6-2-1-3-7-16)10-11-19(18)29-15-22(32)31-20-8-4-5-9-21(20)34-13-12-28/h1-11,14,29H,13,15H2,(H,30,33)(H,31,32). The zero-order valence-electron chi connectivity index (χ0n) is 17.6. The third kappa shape index (κ3) is 6.76. The smallest absolute Gasteiger partial charge is 0.376 e. The van der Waals surface area contributed by atoms with Crippen LogP contribution in [0.4, 0.5) is 30.2 Å². The van der Waals surface area contributed by atoms with Crippen molar-refractivity contribution in [2.24, 2.45) is 0 Å². The van der Waals surface area contributed by atoms with Gasteiger partial charge in [-0.15, -0.1) is 11.8 Å². The Morgan fingerprint density at radius 2 is 1.62 bits per heavy atom. The molecule has 0 unspecified atom stereocenters. The van der Waals surface area contributed by atoms with Crippen molar-refractivity contribution in [3.63, 3.8) is 0 Å². The molecule has 0 aromatic heterocycles. The Morgan fingerprint density at radius 1 is 0.912 bits per heavy atom. The molecule has 3 N–H and O–H groups in total. The summed E-state index contributed by atoms with van der Waals surface area (Å²) in [5.41, 5.74) is -0.573. The Labute approximate surface area is 198 Å². The zero-order chi connectivity index (χ0) is 24.6. The summed E-state index contributed by atoms with van der Waals surface area (Å²) in [6.07, 6.45) is -4.72. The average molecular weight is 485 g/mol. The molecule has 3 aromatic carbocycles. The van der Waals surface area contributed by atoms with Crippen molar-refractivity contribution in [1.82, 2.24) is 0 Å². The number of carbonyl (C=O) groups excluding carboxylic acids is 2. The Kier molecular flexibility index (Phi) is 8.16. The second kappa shape index (κ2) is 11.2. The van der Waals surface area contributed by atoms with Gasteiger partial charge in [-0.05, 0) is 42.5 Å². The molecule has 0 heterocycles. The van der Waals surface area contributed by atoms with E-state index in [0.717, 1.165) is 12.1 Å². The molecule has 0 saturated heterocycles. The number of alkyl halides is 3. The first-order valence-corrected chi connectivity index (χ1v) is 11.0. The highest BCUT2D eigenvalue weighted by Gasteiger charge is 2.34. The van der Waals surface area contributed by atoms with Gasteiger partial charge in [0.2, 0.25) is 5.91 Å². The van der Waals surface area contributed by atoms with Crippen molar-refractivity contribution in [2.45, 2.75) is 11.1 Å². The Balaban J connectivity index is 1.70. The molecule has 0 aliphatic carbocycles. The van der Waals surface area contributed by atoms with Crippen molar-refractivity contribution < 1.29 is 22.8 Å². The average Bonchev–Trinajstić information content (AvgIpc) is 2.82. The fraction of sp³-hybridized carbons (Fsp3) is 0.125. The summed E-state index contributed by atoms with van der Waals surface area (Å²) in [6, 6.07) is 20.2. The molecule has 34 heavy (non-hydrogen) atoms. The lowest BCUT2D eigenvalue weighted by Gasteiger charge is -2.17. The van der Waals surface area contributed by atoms with Crippen LogP contribution < -0.4 is 16.0 Å². The van der Waals surface area contributed by atoms with Gasteiger partial charge in [-0.2, -0.15) is 18.4 Å². The van der Waals surface area contributed by atoms with Crippen LogP contribution in [0.1, 0.15) is 15.9 Å².